The summed E-state index contributed by atoms with van der Waals surface area (Å²) in [7, 11) is 3.35. The fourth-order valence-electron chi connectivity index (χ4n) is 3.95. The minimum Gasteiger partial charge on any atom is -0.357 e. The molecule has 7 nitrogen and oxygen atoms in total. The van der Waals surface area contributed by atoms with Crippen molar-refractivity contribution in [1.29, 1.82) is 0 Å². The molecule has 35 heavy (non-hydrogen) atoms. The van der Waals surface area contributed by atoms with Crippen molar-refractivity contribution in [1.82, 2.24) is 25.1 Å². The first-order valence-electron chi connectivity index (χ1n) is 11.0. The molecule has 0 saturated carbocycles. The van der Waals surface area contributed by atoms with Gasteiger partial charge in [0, 0.05) is 26.2 Å². The zero-order valence-corrected chi connectivity index (χ0v) is 20.6. The Labute approximate surface area is 206 Å². The second-order valence-electron chi connectivity index (χ2n) is 8.33. The van der Waals surface area contributed by atoms with E-state index >= 15 is 0 Å². The first-order valence-corrected chi connectivity index (χ1v) is 12.0. The normalized spacial score (nSPS) is 15.2. The molecule has 2 amide bonds. The molecular weight excluding hydrogens is 479 g/mol. The average Bonchev–Trinajstić information content (AvgIpc) is 3.04. The van der Waals surface area contributed by atoms with Crippen LogP contribution < -0.4 is 10.6 Å². The molecule has 1 aliphatic heterocycles. The number of benzene rings is 1. The molecule has 0 radical (unpaired) electrons. The molecule has 11 heteroatoms. The third-order valence-corrected chi connectivity index (χ3v) is 6.37. The maximum atomic E-state index is 14.6. The van der Waals surface area contributed by atoms with Gasteiger partial charge in [-0.25, -0.2) is 18.2 Å². The lowest BCUT2D eigenvalue weighted by molar-refractivity contribution is -0.122. The zero-order chi connectivity index (χ0) is 25.7. The predicted octanol–water partition coefficient (Wildman–Crippen LogP) is 3.82. The molecule has 3 rings (SSSR count). The van der Waals surface area contributed by atoms with Crippen LogP contribution in [0.2, 0.25) is 0 Å². The lowest BCUT2D eigenvalue weighted by Crippen LogP contribution is -2.46. The van der Waals surface area contributed by atoms with Gasteiger partial charge in [0.05, 0.1) is 11.3 Å². The van der Waals surface area contributed by atoms with Crippen LogP contribution >= 0.6 is 11.8 Å². The zero-order valence-electron chi connectivity index (χ0n) is 19.8. The van der Waals surface area contributed by atoms with E-state index in [0.717, 1.165) is 11.6 Å². The largest absolute Gasteiger partial charge is 0.357 e. The number of hydrogen-bond donors (Lipinski definition) is 2. The van der Waals surface area contributed by atoms with Crippen LogP contribution in [-0.2, 0) is 17.9 Å². The van der Waals surface area contributed by atoms with E-state index in [0.29, 0.717) is 37.8 Å². The summed E-state index contributed by atoms with van der Waals surface area (Å²) in [6.45, 7) is 6.93. The summed E-state index contributed by atoms with van der Waals surface area (Å²) in [5.41, 5.74) is 1.13. The lowest BCUT2D eigenvalue weighted by atomic mass is 10.1. The molecule has 0 bridgehead atoms. The molecular formula is C24H28F3N5O2S. The van der Waals surface area contributed by atoms with Gasteiger partial charge < -0.3 is 20.1 Å². The fourth-order valence-corrected chi connectivity index (χ4v) is 4.37. The molecule has 1 atom stereocenters. The number of imidazole rings is 1. The van der Waals surface area contributed by atoms with E-state index in [9.17, 15) is 22.8 Å². The molecule has 2 N–H and O–H groups in total. The maximum absolute atomic E-state index is 14.6. The van der Waals surface area contributed by atoms with Gasteiger partial charge >= 0.3 is 0 Å². The van der Waals surface area contributed by atoms with Gasteiger partial charge in [-0.05, 0) is 50.2 Å². The second kappa shape index (κ2) is 11.6. The molecule has 0 saturated heterocycles. The van der Waals surface area contributed by atoms with Gasteiger partial charge in [-0.15, -0.1) is 11.8 Å². The van der Waals surface area contributed by atoms with E-state index in [-0.39, 0.29) is 29.4 Å². The molecule has 2 heterocycles. The molecule has 1 aromatic carbocycles. The summed E-state index contributed by atoms with van der Waals surface area (Å²) in [6.07, 6.45) is 0.942. The summed E-state index contributed by atoms with van der Waals surface area (Å²) >= 11 is 1.36. The topological polar surface area (TPSA) is 79.3 Å². The second-order valence-corrected chi connectivity index (χ2v) is 9.17. The summed E-state index contributed by atoms with van der Waals surface area (Å²) in [4.78, 5) is 32.2. The molecule has 0 fully saturated rings. The van der Waals surface area contributed by atoms with Crippen molar-refractivity contribution in [2.75, 3.05) is 20.6 Å². The highest BCUT2D eigenvalue weighted by Crippen LogP contribution is 2.29. The number of amides is 2. The minimum atomic E-state index is -1.31. The van der Waals surface area contributed by atoms with Crippen LogP contribution in [0.5, 0.6) is 0 Å². The summed E-state index contributed by atoms with van der Waals surface area (Å²) < 4.78 is 43.8. The van der Waals surface area contributed by atoms with Crippen LogP contribution in [0.1, 0.15) is 35.9 Å². The Morgan fingerprint density at radius 3 is 2.63 bits per heavy atom. The molecule has 188 valence electrons. The van der Waals surface area contributed by atoms with E-state index in [2.05, 4.69) is 22.2 Å². The standard InChI is InChI=1S/C24H28F3N5O2S/c1-5-35-13-14(2)9-19(23(33)28-3)29-24(34)21-20-12-31(4)7-6-8-32(20)22(30-21)15-10-17(26)18(27)11-16(15)25/h5,10-11,13,19H,1,6-9,12H2,2-4H3,(H,28,33)(H,29,34)/b14-13+/t19-/m0/s1. The van der Waals surface area contributed by atoms with E-state index in [1.807, 2.05) is 24.3 Å². The molecule has 0 spiro atoms. The number of likely N-dealkylation sites (N-methyl/N-ethyl adjacent to an activating group) is 1. The van der Waals surface area contributed by atoms with Crippen LogP contribution in [0.3, 0.4) is 0 Å². The first kappa shape index (κ1) is 26.6. The van der Waals surface area contributed by atoms with Crippen molar-refractivity contribution in [2.45, 2.75) is 38.9 Å². The molecule has 0 unspecified atom stereocenters. The number of halogens is 3. The smallest absolute Gasteiger partial charge is 0.272 e. The quantitative estimate of drug-likeness (QED) is 0.532. The number of rotatable bonds is 8. The fraction of sp³-hybridized carbons (Fsp3) is 0.375. The van der Waals surface area contributed by atoms with Gasteiger partial charge in [0.25, 0.3) is 5.91 Å². The van der Waals surface area contributed by atoms with Gasteiger partial charge in [0.1, 0.15) is 17.7 Å². The van der Waals surface area contributed by atoms with Crippen molar-refractivity contribution >= 4 is 23.6 Å². The van der Waals surface area contributed by atoms with Gasteiger partial charge in [-0.1, -0.05) is 12.2 Å². The maximum Gasteiger partial charge on any atom is 0.272 e. The number of nitrogens with one attached hydrogen (secondary N) is 2. The highest BCUT2D eigenvalue weighted by atomic mass is 32.2. The summed E-state index contributed by atoms with van der Waals surface area (Å²) in [6, 6.07) is 0.334. The summed E-state index contributed by atoms with van der Waals surface area (Å²) in [5.74, 6) is -4.47. The van der Waals surface area contributed by atoms with Crippen molar-refractivity contribution in [2.24, 2.45) is 0 Å². The van der Waals surface area contributed by atoms with Gasteiger partial charge in [-0.3, -0.25) is 9.59 Å². The van der Waals surface area contributed by atoms with Crippen molar-refractivity contribution in [3.05, 3.63) is 63.9 Å². The van der Waals surface area contributed by atoms with E-state index < -0.39 is 29.4 Å². The summed E-state index contributed by atoms with van der Waals surface area (Å²) in [5, 5.41) is 8.75. The number of carbonyl (C=O) groups is 2. The van der Waals surface area contributed by atoms with Crippen LogP contribution in [-0.4, -0.2) is 52.9 Å². The van der Waals surface area contributed by atoms with Gasteiger partial charge in [0.2, 0.25) is 5.91 Å². The molecule has 0 aliphatic carbocycles. The van der Waals surface area contributed by atoms with Gasteiger partial charge in [0.15, 0.2) is 17.3 Å². The third kappa shape index (κ3) is 6.15. The van der Waals surface area contributed by atoms with Crippen molar-refractivity contribution in [3.8, 4) is 11.4 Å². The lowest BCUT2D eigenvalue weighted by Gasteiger charge is -2.18. The Bertz CT molecular complexity index is 1160. The number of carbonyl (C=O) groups excluding carboxylic acids is 2. The van der Waals surface area contributed by atoms with Crippen molar-refractivity contribution in [3.63, 3.8) is 0 Å². The number of thioether (sulfide) groups is 1. The monoisotopic (exact) mass is 507 g/mol. The third-order valence-electron chi connectivity index (χ3n) is 5.64. The number of nitrogens with zero attached hydrogens (tertiary/aromatic N) is 3. The first-order chi connectivity index (χ1) is 16.7. The number of hydrogen-bond acceptors (Lipinski definition) is 5. The van der Waals surface area contributed by atoms with Gasteiger partial charge in [-0.2, -0.15) is 0 Å². The number of aromatic nitrogens is 2. The molecule has 1 aliphatic rings. The highest BCUT2D eigenvalue weighted by molar-refractivity contribution is 8.04. The Balaban J connectivity index is 2.03. The average molecular weight is 508 g/mol. The Hall–Kier alpha value is -3.05. The molecule has 1 aromatic heterocycles. The predicted molar refractivity (Wildman–Crippen MR) is 130 cm³/mol. The van der Waals surface area contributed by atoms with Crippen LogP contribution in [0.4, 0.5) is 13.2 Å². The van der Waals surface area contributed by atoms with E-state index in [1.54, 1.807) is 9.98 Å². The Morgan fingerprint density at radius 1 is 1.23 bits per heavy atom. The molecule has 2 aromatic rings. The SMILES string of the molecule is C=CS/C=C(\C)C[C@H](NC(=O)c1nc(-c2cc(F)c(F)cc2F)n2c1CN(C)CCC2)C(=O)NC. The van der Waals surface area contributed by atoms with E-state index in [1.165, 1.54) is 18.8 Å². The number of fused-ring (bicyclic) bond motifs is 1. The van der Waals surface area contributed by atoms with Crippen LogP contribution in [0.25, 0.3) is 11.4 Å². The highest BCUT2D eigenvalue weighted by Gasteiger charge is 2.30. The Morgan fingerprint density at radius 2 is 1.94 bits per heavy atom. The van der Waals surface area contributed by atoms with Crippen LogP contribution in [0.15, 0.2) is 35.1 Å². The minimum absolute atomic E-state index is 0.00823. The van der Waals surface area contributed by atoms with Crippen LogP contribution in [0, 0.1) is 17.5 Å². The van der Waals surface area contributed by atoms with Crippen molar-refractivity contribution < 1.29 is 22.8 Å². The Kier molecular flexibility index (Phi) is 8.79. The van der Waals surface area contributed by atoms with E-state index in [4.69, 9.17) is 0 Å².